The highest BCUT2D eigenvalue weighted by atomic mass is 28.3. The van der Waals surface area contributed by atoms with Gasteiger partial charge in [-0.3, -0.25) is 0 Å². The summed E-state index contributed by atoms with van der Waals surface area (Å²) >= 11 is 0. The third kappa shape index (κ3) is 3.98. The summed E-state index contributed by atoms with van der Waals surface area (Å²) in [5.41, 5.74) is 2.32. The highest BCUT2D eigenvalue weighted by Crippen LogP contribution is 2.31. The monoisotopic (exact) mass is 264 g/mol. The van der Waals surface area contributed by atoms with Gasteiger partial charge < -0.3 is 5.11 Å². The second-order valence-electron chi connectivity index (χ2n) is 5.99. The molecule has 1 aromatic carbocycles. The lowest BCUT2D eigenvalue weighted by molar-refractivity contribution is 0.0697. The molecule has 1 N–H and O–H groups in total. The van der Waals surface area contributed by atoms with Crippen LogP contribution in [0.3, 0.4) is 0 Å². The van der Waals surface area contributed by atoms with Crippen molar-refractivity contribution >= 4 is 14.0 Å². The van der Waals surface area contributed by atoms with Crippen LogP contribution in [0.1, 0.15) is 47.6 Å². The Balaban J connectivity index is 2.95. The highest BCUT2D eigenvalue weighted by molar-refractivity contribution is 6.77. The zero-order valence-electron chi connectivity index (χ0n) is 11.9. The number of hydrogen-bond acceptors (Lipinski definition) is 1. The summed E-state index contributed by atoms with van der Waals surface area (Å²) in [6, 6.07) is 7.47. The average Bonchev–Trinajstić information content (AvgIpc) is 2.28. The van der Waals surface area contributed by atoms with Crippen LogP contribution in [-0.2, 0) is 0 Å². The Labute approximate surface area is 111 Å². The van der Waals surface area contributed by atoms with E-state index in [1.807, 2.05) is 12.1 Å². The lowest BCUT2D eigenvalue weighted by Crippen LogP contribution is -2.31. The van der Waals surface area contributed by atoms with E-state index in [0.717, 1.165) is 0 Å². The fraction of sp³-hybridized carbons (Fsp3) is 0.533. The Kier molecular flexibility index (Phi) is 5.14. The Bertz CT molecular complexity index is 390. The van der Waals surface area contributed by atoms with Crippen molar-refractivity contribution in [3.63, 3.8) is 0 Å². The summed E-state index contributed by atoms with van der Waals surface area (Å²) in [4.78, 5) is 10.9. The molecular weight excluding hydrogens is 240 g/mol. The number of benzene rings is 1. The van der Waals surface area contributed by atoms with E-state index in [1.54, 1.807) is 12.1 Å². The first-order valence-electron chi connectivity index (χ1n) is 6.69. The second kappa shape index (κ2) is 6.18. The third-order valence-corrected chi connectivity index (χ3v) is 6.16. The lowest BCUT2D eigenvalue weighted by Gasteiger charge is -2.29. The fourth-order valence-corrected chi connectivity index (χ4v) is 4.63. The minimum atomic E-state index is -1.26. The standard InChI is InChI=1S/C15H24O2Si/c1-5-6-7-14(18(2,3)4)12-8-10-13(11-9-12)15(16)17/h8-11,14H,5-7H2,1-4H3,(H,16,17). The van der Waals surface area contributed by atoms with Crippen LogP contribution >= 0.6 is 0 Å². The second-order valence-corrected chi connectivity index (χ2v) is 11.4. The van der Waals surface area contributed by atoms with Gasteiger partial charge in [-0.25, -0.2) is 4.79 Å². The zero-order chi connectivity index (χ0) is 13.8. The molecule has 0 saturated heterocycles. The molecule has 0 amide bonds. The van der Waals surface area contributed by atoms with Gasteiger partial charge in [0.25, 0.3) is 0 Å². The summed E-state index contributed by atoms with van der Waals surface area (Å²) < 4.78 is 0. The van der Waals surface area contributed by atoms with Gasteiger partial charge in [0.15, 0.2) is 0 Å². The third-order valence-electron chi connectivity index (χ3n) is 3.45. The highest BCUT2D eigenvalue weighted by Gasteiger charge is 2.27. The molecule has 3 heteroatoms. The molecule has 1 unspecified atom stereocenters. The molecule has 0 saturated carbocycles. The smallest absolute Gasteiger partial charge is 0.335 e. The Morgan fingerprint density at radius 1 is 1.22 bits per heavy atom. The normalized spacial score (nSPS) is 13.3. The molecule has 0 bridgehead atoms. The van der Waals surface area contributed by atoms with Crippen LogP contribution < -0.4 is 0 Å². The van der Waals surface area contributed by atoms with Gasteiger partial charge in [-0.2, -0.15) is 0 Å². The van der Waals surface area contributed by atoms with Gasteiger partial charge in [-0.15, -0.1) is 0 Å². The number of aromatic carboxylic acids is 1. The van der Waals surface area contributed by atoms with E-state index in [-0.39, 0.29) is 0 Å². The molecule has 1 aromatic rings. The molecule has 18 heavy (non-hydrogen) atoms. The molecule has 0 aliphatic rings. The van der Waals surface area contributed by atoms with Crippen LogP contribution in [-0.4, -0.2) is 19.1 Å². The largest absolute Gasteiger partial charge is 0.478 e. The first-order chi connectivity index (χ1) is 8.36. The van der Waals surface area contributed by atoms with Crippen LogP contribution in [0.15, 0.2) is 24.3 Å². The molecule has 2 nitrogen and oxygen atoms in total. The van der Waals surface area contributed by atoms with Crippen molar-refractivity contribution in [3.05, 3.63) is 35.4 Å². The summed E-state index contributed by atoms with van der Waals surface area (Å²) in [6.07, 6.45) is 3.68. The number of carbonyl (C=O) groups is 1. The Hall–Kier alpha value is -1.09. The summed E-state index contributed by atoms with van der Waals surface area (Å²) in [7, 11) is -1.26. The topological polar surface area (TPSA) is 37.3 Å². The van der Waals surface area contributed by atoms with Gasteiger partial charge in [0, 0.05) is 0 Å². The number of hydrogen-bond donors (Lipinski definition) is 1. The Morgan fingerprint density at radius 2 is 1.78 bits per heavy atom. The van der Waals surface area contributed by atoms with Crippen LogP contribution in [0.2, 0.25) is 19.6 Å². The average molecular weight is 264 g/mol. The molecule has 0 fully saturated rings. The van der Waals surface area contributed by atoms with Crippen molar-refractivity contribution in [1.82, 2.24) is 0 Å². The number of unbranched alkanes of at least 4 members (excludes halogenated alkanes) is 1. The fourth-order valence-electron chi connectivity index (χ4n) is 2.37. The van der Waals surface area contributed by atoms with Crippen molar-refractivity contribution in [3.8, 4) is 0 Å². The van der Waals surface area contributed by atoms with E-state index in [4.69, 9.17) is 5.11 Å². The molecule has 0 spiro atoms. The summed E-state index contributed by atoms with van der Waals surface area (Å²) in [6.45, 7) is 9.38. The molecular formula is C15H24O2Si. The number of carboxylic acid groups (broad SMARTS) is 1. The van der Waals surface area contributed by atoms with E-state index >= 15 is 0 Å². The maximum atomic E-state index is 10.9. The van der Waals surface area contributed by atoms with Crippen LogP contribution in [0, 0.1) is 0 Å². The number of carboxylic acids is 1. The molecule has 0 aliphatic heterocycles. The molecule has 1 rings (SSSR count). The maximum Gasteiger partial charge on any atom is 0.335 e. The van der Waals surface area contributed by atoms with Crippen molar-refractivity contribution in [2.24, 2.45) is 0 Å². The summed E-state index contributed by atoms with van der Waals surface area (Å²) in [5, 5.41) is 8.92. The van der Waals surface area contributed by atoms with Gasteiger partial charge in [-0.05, 0) is 29.7 Å². The van der Waals surface area contributed by atoms with E-state index in [9.17, 15) is 4.79 Å². The SMILES string of the molecule is CCCCC(c1ccc(C(=O)O)cc1)[Si](C)(C)C. The molecule has 0 radical (unpaired) electrons. The quantitative estimate of drug-likeness (QED) is 0.766. The van der Waals surface area contributed by atoms with Crippen LogP contribution in [0.25, 0.3) is 0 Å². The van der Waals surface area contributed by atoms with Crippen LogP contribution in [0.5, 0.6) is 0 Å². The first-order valence-corrected chi connectivity index (χ1v) is 10.3. The number of rotatable bonds is 6. The van der Waals surface area contributed by atoms with Gasteiger partial charge in [0.1, 0.15) is 0 Å². The van der Waals surface area contributed by atoms with Gasteiger partial charge in [0.05, 0.1) is 13.6 Å². The van der Waals surface area contributed by atoms with E-state index < -0.39 is 14.0 Å². The van der Waals surface area contributed by atoms with Crippen molar-refractivity contribution in [2.75, 3.05) is 0 Å². The molecule has 100 valence electrons. The van der Waals surface area contributed by atoms with Gasteiger partial charge >= 0.3 is 5.97 Å². The first kappa shape index (κ1) is 15.0. The minimum Gasteiger partial charge on any atom is -0.478 e. The molecule has 0 aromatic heterocycles. The molecule has 0 heterocycles. The van der Waals surface area contributed by atoms with Crippen molar-refractivity contribution in [2.45, 2.75) is 51.4 Å². The Morgan fingerprint density at radius 3 is 2.17 bits per heavy atom. The van der Waals surface area contributed by atoms with Crippen LogP contribution in [0.4, 0.5) is 0 Å². The molecule has 1 atom stereocenters. The van der Waals surface area contributed by atoms with E-state index in [2.05, 4.69) is 26.6 Å². The summed E-state index contributed by atoms with van der Waals surface area (Å²) in [5.74, 6) is -0.848. The van der Waals surface area contributed by atoms with E-state index in [0.29, 0.717) is 11.1 Å². The van der Waals surface area contributed by atoms with Crippen molar-refractivity contribution in [1.29, 1.82) is 0 Å². The van der Waals surface area contributed by atoms with Gasteiger partial charge in [0.2, 0.25) is 0 Å². The zero-order valence-corrected chi connectivity index (χ0v) is 12.9. The minimum absolute atomic E-state index is 0.378. The van der Waals surface area contributed by atoms with Crippen molar-refractivity contribution < 1.29 is 9.90 Å². The van der Waals surface area contributed by atoms with Gasteiger partial charge in [-0.1, -0.05) is 51.5 Å². The van der Waals surface area contributed by atoms with E-state index in [1.165, 1.54) is 24.8 Å². The predicted octanol–water partition coefficient (Wildman–Crippen LogP) is 4.54. The molecule has 0 aliphatic carbocycles. The predicted molar refractivity (Wildman–Crippen MR) is 79.0 cm³/mol. The lowest BCUT2D eigenvalue weighted by atomic mass is 10.0. The maximum absolute atomic E-state index is 10.9.